The van der Waals surface area contributed by atoms with E-state index in [1.807, 2.05) is 0 Å². The summed E-state index contributed by atoms with van der Waals surface area (Å²) in [4.78, 5) is 21.9. The highest BCUT2D eigenvalue weighted by Gasteiger charge is 2.37. The van der Waals surface area contributed by atoms with Crippen LogP contribution in [0.1, 0.15) is 22.3 Å². The summed E-state index contributed by atoms with van der Waals surface area (Å²) in [5.41, 5.74) is 5.75. The van der Waals surface area contributed by atoms with Gasteiger partial charge in [0.15, 0.2) is 0 Å². The number of hydrogen-bond acceptors (Lipinski definition) is 4. The van der Waals surface area contributed by atoms with Gasteiger partial charge in [-0.1, -0.05) is 12.1 Å². The number of carboxylic acids is 1. The summed E-state index contributed by atoms with van der Waals surface area (Å²) >= 11 is 0. The van der Waals surface area contributed by atoms with Gasteiger partial charge in [-0.05, 0) is 18.1 Å². The van der Waals surface area contributed by atoms with Crippen LogP contribution in [0.3, 0.4) is 0 Å². The second-order valence-corrected chi connectivity index (χ2v) is 4.24. The van der Waals surface area contributed by atoms with E-state index < -0.39 is 24.8 Å². The molecule has 1 atom stereocenters. The zero-order valence-electron chi connectivity index (χ0n) is 9.50. The summed E-state index contributed by atoms with van der Waals surface area (Å²) in [6.07, 6.45) is 0.360. The molecule has 1 heterocycles. The smallest absolute Gasteiger partial charge is 0.526 e. The standard InChI is InChI=1S/C11H12BNO5/c13-9(14)5-7-4-6-2-1-3-8(11(15)16)10(6)18-12(7)17/h1-3,7,17H,4-5H2,(H2,13,14)(H,15,16)/t7-/m1/s1. The van der Waals surface area contributed by atoms with Crippen molar-refractivity contribution in [2.75, 3.05) is 0 Å². The molecule has 4 N–H and O–H groups in total. The van der Waals surface area contributed by atoms with Crippen LogP contribution in [-0.4, -0.2) is 29.1 Å². The molecule has 1 aromatic rings. The number of carbonyl (C=O) groups is 2. The van der Waals surface area contributed by atoms with Gasteiger partial charge in [0.2, 0.25) is 5.91 Å². The van der Waals surface area contributed by atoms with Crippen molar-refractivity contribution in [1.82, 2.24) is 0 Å². The van der Waals surface area contributed by atoms with Gasteiger partial charge in [-0.25, -0.2) is 4.79 Å². The Labute approximate surface area is 104 Å². The van der Waals surface area contributed by atoms with Crippen LogP contribution in [0.4, 0.5) is 0 Å². The predicted octanol–water partition coefficient (Wildman–Crippen LogP) is 0.0458. The van der Waals surface area contributed by atoms with E-state index in [4.69, 9.17) is 15.5 Å². The number of carbonyl (C=O) groups excluding carboxylic acids is 1. The molecule has 0 unspecified atom stereocenters. The molecule has 2 rings (SSSR count). The highest BCUT2D eigenvalue weighted by Crippen LogP contribution is 2.35. The average Bonchev–Trinajstić information content (AvgIpc) is 2.28. The molecule has 0 aromatic heterocycles. The first-order chi connectivity index (χ1) is 8.49. The third-order valence-corrected chi connectivity index (χ3v) is 2.91. The number of amides is 1. The fraction of sp³-hybridized carbons (Fsp3) is 0.273. The van der Waals surface area contributed by atoms with Crippen LogP contribution >= 0.6 is 0 Å². The molecule has 0 spiro atoms. The van der Waals surface area contributed by atoms with Crippen molar-refractivity contribution in [3.05, 3.63) is 29.3 Å². The van der Waals surface area contributed by atoms with E-state index in [-0.39, 0.29) is 17.7 Å². The van der Waals surface area contributed by atoms with Crippen LogP contribution in [0.5, 0.6) is 5.75 Å². The number of primary amides is 1. The summed E-state index contributed by atoms with van der Waals surface area (Å²) < 4.78 is 5.20. The first-order valence-corrected chi connectivity index (χ1v) is 5.47. The van der Waals surface area contributed by atoms with E-state index in [1.54, 1.807) is 12.1 Å². The zero-order chi connectivity index (χ0) is 13.3. The fourth-order valence-corrected chi connectivity index (χ4v) is 2.08. The summed E-state index contributed by atoms with van der Waals surface area (Å²) in [6.45, 7) is 0. The number of benzene rings is 1. The van der Waals surface area contributed by atoms with Crippen LogP contribution in [-0.2, 0) is 11.2 Å². The lowest BCUT2D eigenvalue weighted by molar-refractivity contribution is -0.118. The van der Waals surface area contributed by atoms with Crippen LogP contribution in [0, 0.1) is 0 Å². The summed E-state index contributed by atoms with van der Waals surface area (Å²) in [5, 5.41) is 18.8. The number of rotatable bonds is 3. The van der Waals surface area contributed by atoms with Crippen LogP contribution in [0.15, 0.2) is 18.2 Å². The van der Waals surface area contributed by atoms with Crippen molar-refractivity contribution in [3.63, 3.8) is 0 Å². The Bertz CT molecular complexity index is 504. The Balaban J connectivity index is 2.33. The van der Waals surface area contributed by atoms with Gasteiger partial charge >= 0.3 is 13.1 Å². The van der Waals surface area contributed by atoms with Gasteiger partial charge in [-0.15, -0.1) is 0 Å². The number of para-hydroxylation sites is 1. The van der Waals surface area contributed by atoms with Gasteiger partial charge in [0.05, 0.1) is 5.56 Å². The lowest BCUT2D eigenvalue weighted by Crippen LogP contribution is -2.36. The van der Waals surface area contributed by atoms with Crippen LogP contribution in [0.25, 0.3) is 0 Å². The third kappa shape index (κ3) is 2.30. The van der Waals surface area contributed by atoms with Crippen molar-refractivity contribution >= 4 is 19.0 Å². The van der Waals surface area contributed by atoms with Gasteiger partial charge in [0, 0.05) is 12.2 Å². The Morgan fingerprint density at radius 1 is 1.50 bits per heavy atom. The summed E-state index contributed by atoms with van der Waals surface area (Å²) in [6, 6.07) is 4.72. The second kappa shape index (κ2) is 4.69. The largest absolute Gasteiger partial charge is 0.535 e. The molecule has 1 aliphatic heterocycles. The topological polar surface area (TPSA) is 110 Å². The lowest BCUT2D eigenvalue weighted by Gasteiger charge is -2.27. The molecule has 0 aliphatic carbocycles. The van der Waals surface area contributed by atoms with Gasteiger partial charge in [-0.3, -0.25) is 4.79 Å². The average molecular weight is 249 g/mol. The Morgan fingerprint density at radius 2 is 2.22 bits per heavy atom. The van der Waals surface area contributed by atoms with Gasteiger partial charge in [-0.2, -0.15) is 0 Å². The van der Waals surface area contributed by atoms with Gasteiger partial charge in [0.25, 0.3) is 0 Å². The lowest BCUT2D eigenvalue weighted by atomic mass is 9.65. The van der Waals surface area contributed by atoms with Gasteiger partial charge in [0.1, 0.15) is 5.75 Å². The molecular formula is C11H12BNO5. The minimum Gasteiger partial charge on any atom is -0.535 e. The SMILES string of the molecule is NC(=O)C[C@H]1Cc2cccc(C(=O)O)c2OB1O. The van der Waals surface area contributed by atoms with E-state index in [2.05, 4.69) is 0 Å². The molecule has 0 saturated heterocycles. The van der Waals surface area contributed by atoms with E-state index in [0.717, 1.165) is 0 Å². The molecule has 0 fully saturated rings. The molecule has 94 valence electrons. The number of aromatic carboxylic acids is 1. The maximum Gasteiger partial charge on any atom is 0.526 e. The van der Waals surface area contributed by atoms with Crippen LogP contribution < -0.4 is 10.4 Å². The molecule has 0 radical (unpaired) electrons. The number of fused-ring (bicyclic) bond motifs is 1. The third-order valence-electron chi connectivity index (χ3n) is 2.91. The minimum absolute atomic E-state index is 0.00208. The molecule has 18 heavy (non-hydrogen) atoms. The molecule has 1 aromatic carbocycles. The van der Waals surface area contributed by atoms with Crippen molar-refractivity contribution in [2.24, 2.45) is 5.73 Å². The quantitative estimate of drug-likeness (QED) is 0.655. The number of hydrogen-bond donors (Lipinski definition) is 3. The van der Waals surface area contributed by atoms with Crippen LogP contribution in [0.2, 0.25) is 5.82 Å². The molecule has 1 aliphatic rings. The van der Waals surface area contributed by atoms with E-state index in [9.17, 15) is 14.6 Å². The normalized spacial score (nSPS) is 17.8. The van der Waals surface area contributed by atoms with E-state index >= 15 is 0 Å². The number of carboxylic acid groups (broad SMARTS) is 1. The Hall–Kier alpha value is -2.02. The molecule has 0 bridgehead atoms. The van der Waals surface area contributed by atoms with Crippen molar-refractivity contribution in [1.29, 1.82) is 0 Å². The van der Waals surface area contributed by atoms with Gasteiger partial charge < -0.3 is 20.5 Å². The molecule has 7 heteroatoms. The second-order valence-electron chi connectivity index (χ2n) is 4.24. The highest BCUT2D eigenvalue weighted by atomic mass is 16.5. The first kappa shape index (κ1) is 12.4. The maximum atomic E-state index is 11.0. The predicted molar refractivity (Wildman–Crippen MR) is 63.3 cm³/mol. The number of nitrogens with two attached hydrogens (primary N) is 1. The highest BCUT2D eigenvalue weighted by molar-refractivity contribution is 6.46. The molecule has 6 nitrogen and oxygen atoms in total. The fourth-order valence-electron chi connectivity index (χ4n) is 2.08. The summed E-state index contributed by atoms with van der Waals surface area (Å²) in [7, 11) is -1.22. The minimum atomic E-state index is -1.22. The van der Waals surface area contributed by atoms with Crippen molar-refractivity contribution < 1.29 is 24.4 Å². The molecule has 1 amide bonds. The summed E-state index contributed by atoms with van der Waals surface area (Å²) in [5.74, 6) is -1.93. The zero-order valence-corrected chi connectivity index (χ0v) is 9.50. The Morgan fingerprint density at radius 3 is 2.83 bits per heavy atom. The molecular weight excluding hydrogens is 237 g/mol. The monoisotopic (exact) mass is 249 g/mol. The molecule has 0 saturated carbocycles. The van der Waals surface area contributed by atoms with E-state index in [1.165, 1.54) is 6.07 Å². The van der Waals surface area contributed by atoms with E-state index in [0.29, 0.717) is 12.0 Å². The van der Waals surface area contributed by atoms with Crippen molar-refractivity contribution in [2.45, 2.75) is 18.7 Å². The maximum absolute atomic E-state index is 11.0. The first-order valence-electron chi connectivity index (χ1n) is 5.47. The Kier molecular flexibility index (Phi) is 3.25. The van der Waals surface area contributed by atoms with Crippen molar-refractivity contribution in [3.8, 4) is 5.75 Å².